The van der Waals surface area contributed by atoms with Gasteiger partial charge in [0, 0.05) is 18.8 Å². The molecule has 0 aliphatic carbocycles. The lowest BCUT2D eigenvalue weighted by atomic mass is 10.3. The molecule has 0 bridgehead atoms. The van der Waals surface area contributed by atoms with Crippen molar-refractivity contribution in [2.24, 2.45) is 5.73 Å². The van der Waals surface area contributed by atoms with Gasteiger partial charge in [-0.15, -0.1) is 0 Å². The predicted octanol–water partition coefficient (Wildman–Crippen LogP) is -0.649. The Morgan fingerprint density at radius 3 is 2.91 bits per heavy atom. The minimum Gasteiger partial charge on any atom is -0.480 e. The second-order valence-corrected chi connectivity index (χ2v) is 3.13. The van der Waals surface area contributed by atoms with Gasteiger partial charge in [-0.25, -0.2) is 0 Å². The average Bonchev–Trinajstić information content (AvgIpc) is 1.97. The van der Waals surface area contributed by atoms with Gasteiger partial charge in [-0.05, 0) is 6.26 Å². The van der Waals surface area contributed by atoms with Crippen molar-refractivity contribution in [3.8, 4) is 0 Å². The minimum atomic E-state index is -0.957. The number of hydrogen-bond acceptors (Lipinski definition) is 4. The number of aliphatic carboxylic acids is 1. The summed E-state index contributed by atoms with van der Waals surface area (Å²) < 4.78 is 0. The van der Waals surface area contributed by atoms with Crippen LogP contribution < -0.4 is 11.1 Å². The summed E-state index contributed by atoms with van der Waals surface area (Å²) in [6.07, 6.45) is 2.00. The van der Waals surface area contributed by atoms with E-state index in [1.165, 1.54) is 0 Å². The van der Waals surface area contributed by atoms with E-state index in [-0.39, 0.29) is 0 Å². The van der Waals surface area contributed by atoms with Crippen LogP contribution in [0.5, 0.6) is 0 Å². The Hall–Kier alpha value is -0.260. The highest BCUT2D eigenvalue weighted by molar-refractivity contribution is 7.98. The zero-order valence-corrected chi connectivity index (χ0v) is 7.36. The van der Waals surface area contributed by atoms with Crippen molar-refractivity contribution in [3.05, 3.63) is 0 Å². The second-order valence-electron chi connectivity index (χ2n) is 2.14. The van der Waals surface area contributed by atoms with E-state index in [0.717, 1.165) is 12.3 Å². The molecule has 0 radical (unpaired) electrons. The van der Waals surface area contributed by atoms with Crippen molar-refractivity contribution in [1.29, 1.82) is 0 Å². The van der Waals surface area contributed by atoms with Crippen LogP contribution in [0.15, 0.2) is 0 Å². The molecular weight excluding hydrogens is 164 g/mol. The summed E-state index contributed by atoms with van der Waals surface area (Å²) in [7, 11) is 0. The molecule has 4 N–H and O–H groups in total. The first-order valence-corrected chi connectivity index (χ1v) is 4.76. The molecule has 0 aromatic heterocycles. The van der Waals surface area contributed by atoms with E-state index < -0.39 is 12.0 Å². The van der Waals surface area contributed by atoms with Crippen molar-refractivity contribution >= 4 is 17.7 Å². The van der Waals surface area contributed by atoms with E-state index in [9.17, 15) is 4.79 Å². The van der Waals surface area contributed by atoms with E-state index in [1.54, 1.807) is 11.8 Å². The summed E-state index contributed by atoms with van der Waals surface area (Å²) in [6.45, 7) is 1.15. The molecule has 0 aliphatic rings. The normalized spacial score (nSPS) is 12.9. The van der Waals surface area contributed by atoms with Crippen LogP contribution in [0.25, 0.3) is 0 Å². The molecule has 0 amide bonds. The van der Waals surface area contributed by atoms with Gasteiger partial charge in [-0.1, -0.05) is 0 Å². The lowest BCUT2D eigenvalue weighted by molar-refractivity contribution is -0.138. The molecule has 0 rings (SSSR count). The first kappa shape index (κ1) is 10.7. The van der Waals surface area contributed by atoms with Crippen LogP contribution in [0.2, 0.25) is 0 Å². The monoisotopic (exact) mass is 178 g/mol. The third-order valence-corrected chi connectivity index (χ3v) is 1.78. The van der Waals surface area contributed by atoms with Crippen LogP contribution in [-0.4, -0.2) is 42.2 Å². The number of hydrogen-bond donors (Lipinski definition) is 3. The fraction of sp³-hybridized carbons (Fsp3) is 0.833. The Morgan fingerprint density at radius 1 is 1.82 bits per heavy atom. The fourth-order valence-corrected chi connectivity index (χ4v) is 0.868. The quantitative estimate of drug-likeness (QED) is 0.471. The van der Waals surface area contributed by atoms with E-state index in [0.29, 0.717) is 6.54 Å². The summed E-state index contributed by atoms with van der Waals surface area (Å²) in [4.78, 5) is 10.2. The van der Waals surface area contributed by atoms with E-state index in [2.05, 4.69) is 5.32 Å². The Morgan fingerprint density at radius 2 is 2.45 bits per heavy atom. The summed E-state index contributed by atoms with van der Waals surface area (Å²) in [5.41, 5.74) is 5.23. The van der Waals surface area contributed by atoms with Crippen LogP contribution in [-0.2, 0) is 4.79 Å². The maximum Gasteiger partial charge on any atom is 0.321 e. The van der Waals surface area contributed by atoms with E-state index in [1.807, 2.05) is 6.26 Å². The highest BCUT2D eigenvalue weighted by Gasteiger charge is 2.09. The topological polar surface area (TPSA) is 75.3 Å². The average molecular weight is 178 g/mol. The standard InChI is InChI=1S/C6H14N2O2S/c1-11-3-2-8-4-5(7)6(9)10/h5,8H,2-4,7H2,1H3,(H,9,10). The molecule has 11 heavy (non-hydrogen) atoms. The fourth-order valence-electron chi connectivity index (χ4n) is 0.519. The summed E-state index contributed by atoms with van der Waals surface area (Å²) in [5, 5.41) is 11.3. The number of thioether (sulfide) groups is 1. The molecule has 1 unspecified atom stereocenters. The molecule has 0 aliphatic heterocycles. The summed E-state index contributed by atoms with van der Waals surface area (Å²) in [5.74, 6) is 0.0217. The Kier molecular flexibility index (Phi) is 6.30. The van der Waals surface area contributed by atoms with Crippen molar-refractivity contribution in [2.45, 2.75) is 6.04 Å². The molecule has 0 aromatic rings. The third kappa shape index (κ3) is 6.15. The van der Waals surface area contributed by atoms with Gasteiger partial charge in [0.15, 0.2) is 0 Å². The Labute approximate surface area is 70.5 Å². The smallest absolute Gasteiger partial charge is 0.321 e. The maximum absolute atomic E-state index is 10.2. The number of rotatable bonds is 6. The zero-order chi connectivity index (χ0) is 8.69. The van der Waals surface area contributed by atoms with Gasteiger partial charge < -0.3 is 16.2 Å². The summed E-state index contributed by atoms with van der Waals surface area (Å²) >= 11 is 1.71. The second kappa shape index (κ2) is 6.45. The number of carboxylic acid groups (broad SMARTS) is 1. The number of carboxylic acids is 1. The van der Waals surface area contributed by atoms with Crippen LogP contribution in [0.4, 0.5) is 0 Å². The third-order valence-electron chi connectivity index (χ3n) is 1.16. The van der Waals surface area contributed by atoms with Crippen LogP contribution in [0.1, 0.15) is 0 Å². The van der Waals surface area contributed by atoms with E-state index >= 15 is 0 Å². The predicted molar refractivity (Wildman–Crippen MR) is 46.9 cm³/mol. The molecule has 0 aromatic carbocycles. The SMILES string of the molecule is CSCCNCC(N)C(=O)O. The number of nitrogens with one attached hydrogen (secondary N) is 1. The molecule has 0 spiro atoms. The lowest BCUT2D eigenvalue weighted by Crippen LogP contribution is -2.40. The van der Waals surface area contributed by atoms with Crippen molar-refractivity contribution in [1.82, 2.24) is 5.32 Å². The van der Waals surface area contributed by atoms with Crippen molar-refractivity contribution in [2.75, 3.05) is 25.1 Å². The number of nitrogens with two attached hydrogens (primary N) is 1. The largest absolute Gasteiger partial charge is 0.480 e. The van der Waals surface area contributed by atoms with Crippen molar-refractivity contribution < 1.29 is 9.90 Å². The molecule has 0 fully saturated rings. The molecule has 1 atom stereocenters. The van der Waals surface area contributed by atoms with Gasteiger partial charge in [0.1, 0.15) is 6.04 Å². The van der Waals surface area contributed by atoms with Gasteiger partial charge in [0.05, 0.1) is 0 Å². The Bertz CT molecular complexity index is 121. The molecule has 5 heteroatoms. The first-order chi connectivity index (χ1) is 5.18. The lowest BCUT2D eigenvalue weighted by Gasteiger charge is -2.06. The maximum atomic E-state index is 10.2. The highest BCUT2D eigenvalue weighted by Crippen LogP contribution is 1.86. The van der Waals surface area contributed by atoms with Crippen LogP contribution in [0.3, 0.4) is 0 Å². The van der Waals surface area contributed by atoms with Crippen LogP contribution >= 0.6 is 11.8 Å². The van der Waals surface area contributed by atoms with Gasteiger partial charge >= 0.3 is 5.97 Å². The molecular formula is C6H14N2O2S. The molecule has 0 saturated heterocycles. The summed E-state index contributed by atoms with van der Waals surface area (Å²) in [6, 6.07) is -0.781. The molecule has 4 nitrogen and oxygen atoms in total. The van der Waals surface area contributed by atoms with Gasteiger partial charge in [0.2, 0.25) is 0 Å². The Balaban J connectivity index is 3.17. The molecule has 0 heterocycles. The van der Waals surface area contributed by atoms with Crippen LogP contribution in [0, 0.1) is 0 Å². The minimum absolute atomic E-state index is 0.343. The van der Waals surface area contributed by atoms with Gasteiger partial charge in [-0.2, -0.15) is 11.8 Å². The molecule has 66 valence electrons. The van der Waals surface area contributed by atoms with Crippen molar-refractivity contribution in [3.63, 3.8) is 0 Å². The van der Waals surface area contributed by atoms with E-state index in [4.69, 9.17) is 10.8 Å². The van der Waals surface area contributed by atoms with Gasteiger partial charge in [-0.3, -0.25) is 4.79 Å². The first-order valence-electron chi connectivity index (χ1n) is 3.36. The number of carbonyl (C=O) groups is 1. The zero-order valence-electron chi connectivity index (χ0n) is 6.54. The highest BCUT2D eigenvalue weighted by atomic mass is 32.2. The molecule has 0 saturated carbocycles. The van der Waals surface area contributed by atoms with Gasteiger partial charge in [0.25, 0.3) is 0 Å².